The van der Waals surface area contributed by atoms with Gasteiger partial charge in [0.15, 0.2) is 5.76 Å². The lowest BCUT2D eigenvalue weighted by atomic mass is 10.1. The van der Waals surface area contributed by atoms with E-state index in [-0.39, 0.29) is 18.5 Å². The summed E-state index contributed by atoms with van der Waals surface area (Å²) in [6.07, 6.45) is 2.14. The fourth-order valence-electron chi connectivity index (χ4n) is 1.66. The molecule has 2 N–H and O–H groups in total. The lowest BCUT2D eigenvalue weighted by Gasteiger charge is -2.09. The Kier molecular flexibility index (Phi) is 3.94. The van der Waals surface area contributed by atoms with Crippen LogP contribution in [0.25, 0.3) is 0 Å². The number of halogens is 1. The maximum atomic E-state index is 13.4. The van der Waals surface area contributed by atoms with Crippen LogP contribution in [0.4, 0.5) is 4.39 Å². The number of nitrogens with zero attached hydrogens (tertiary/aromatic N) is 1. The molecule has 0 aliphatic carbocycles. The zero-order valence-corrected chi connectivity index (χ0v) is 10.1. The second-order valence-electron chi connectivity index (χ2n) is 4.24. The molecule has 1 unspecified atom stereocenters. The van der Waals surface area contributed by atoms with E-state index in [2.05, 4.69) is 5.16 Å². The normalized spacial score (nSPS) is 12.4. The maximum Gasteiger partial charge on any atom is 0.174 e. The SMILES string of the molecule is CC(N)Cc1cc(F)cc(OCc2ccno2)c1. The van der Waals surface area contributed by atoms with Gasteiger partial charge in [-0.1, -0.05) is 5.16 Å². The summed E-state index contributed by atoms with van der Waals surface area (Å²) in [5.41, 5.74) is 6.51. The summed E-state index contributed by atoms with van der Waals surface area (Å²) in [6, 6.07) is 6.25. The van der Waals surface area contributed by atoms with Crippen molar-refractivity contribution in [1.29, 1.82) is 0 Å². The predicted octanol–water partition coefficient (Wildman–Crippen LogP) is 2.28. The molecule has 1 atom stereocenters. The van der Waals surface area contributed by atoms with Gasteiger partial charge in [0.05, 0.1) is 6.20 Å². The third-order valence-corrected chi connectivity index (χ3v) is 2.36. The molecule has 5 heteroatoms. The minimum atomic E-state index is -0.333. The second-order valence-corrected chi connectivity index (χ2v) is 4.24. The van der Waals surface area contributed by atoms with Crippen molar-refractivity contribution in [1.82, 2.24) is 5.16 Å². The lowest BCUT2D eigenvalue weighted by molar-refractivity contribution is 0.248. The summed E-state index contributed by atoms with van der Waals surface area (Å²) < 4.78 is 23.7. The molecule has 18 heavy (non-hydrogen) atoms. The highest BCUT2D eigenvalue weighted by Crippen LogP contribution is 2.18. The van der Waals surface area contributed by atoms with Crippen LogP contribution in [0.2, 0.25) is 0 Å². The van der Waals surface area contributed by atoms with Crippen LogP contribution in [0.1, 0.15) is 18.2 Å². The van der Waals surface area contributed by atoms with Crippen LogP contribution in [0, 0.1) is 5.82 Å². The van der Waals surface area contributed by atoms with Crippen molar-refractivity contribution in [3.8, 4) is 5.75 Å². The number of nitrogens with two attached hydrogens (primary N) is 1. The van der Waals surface area contributed by atoms with Crippen molar-refractivity contribution in [3.05, 3.63) is 47.6 Å². The Morgan fingerprint density at radius 3 is 2.94 bits per heavy atom. The van der Waals surface area contributed by atoms with Gasteiger partial charge < -0.3 is 15.0 Å². The van der Waals surface area contributed by atoms with Gasteiger partial charge in [-0.15, -0.1) is 0 Å². The zero-order valence-electron chi connectivity index (χ0n) is 10.1. The Morgan fingerprint density at radius 1 is 1.44 bits per heavy atom. The first-order valence-electron chi connectivity index (χ1n) is 5.71. The zero-order chi connectivity index (χ0) is 13.0. The molecule has 0 saturated carbocycles. The fraction of sp³-hybridized carbons (Fsp3) is 0.308. The number of aromatic nitrogens is 1. The standard InChI is InChI=1S/C13H15FN2O2/c1-9(15)4-10-5-11(14)7-13(6-10)17-8-12-2-3-16-18-12/h2-3,5-7,9H,4,8,15H2,1H3. The monoisotopic (exact) mass is 250 g/mol. The molecule has 0 aliphatic rings. The lowest BCUT2D eigenvalue weighted by Crippen LogP contribution is -2.17. The Balaban J connectivity index is 2.05. The van der Waals surface area contributed by atoms with Crippen LogP contribution in [-0.4, -0.2) is 11.2 Å². The minimum absolute atomic E-state index is 0.0195. The molecule has 0 saturated heterocycles. The summed E-state index contributed by atoms with van der Waals surface area (Å²) in [6.45, 7) is 2.10. The molecule has 2 aromatic rings. The average molecular weight is 250 g/mol. The van der Waals surface area contributed by atoms with E-state index in [9.17, 15) is 4.39 Å². The van der Waals surface area contributed by atoms with E-state index in [4.69, 9.17) is 15.0 Å². The van der Waals surface area contributed by atoms with Crippen LogP contribution >= 0.6 is 0 Å². The van der Waals surface area contributed by atoms with Crippen molar-refractivity contribution in [2.45, 2.75) is 26.0 Å². The summed E-state index contributed by atoms with van der Waals surface area (Å²) in [7, 11) is 0. The molecule has 0 bridgehead atoms. The summed E-state index contributed by atoms with van der Waals surface area (Å²) in [4.78, 5) is 0. The van der Waals surface area contributed by atoms with Crippen LogP contribution < -0.4 is 10.5 Å². The molecular weight excluding hydrogens is 235 g/mol. The molecule has 1 aromatic carbocycles. The molecule has 1 heterocycles. The maximum absolute atomic E-state index is 13.4. The number of hydrogen-bond acceptors (Lipinski definition) is 4. The largest absolute Gasteiger partial charge is 0.485 e. The van der Waals surface area contributed by atoms with Gasteiger partial charge in [0.1, 0.15) is 18.2 Å². The van der Waals surface area contributed by atoms with E-state index in [0.717, 1.165) is 5.56 Å². The Bertz CT molecular complexity index is 498. The van der Waals surface area contributed by atoms with E-state index in [1.807, 2.05) is 6.92 Å². The fourth-order valence-corrected chi connectivity index (χ4v) is 1.66. The first kappa shape index (κ1) is 12.6. The van der Waals surface area contributed by atoms with Crippen LogP contribution in [-0.2, 0) is 13.0 Å². The van der Waals surface area contributed by atoms with Crippen LogP contribution in [0.3, 0.4) is 0 Å². The van der Waals surface area contributed by atoms with Gasteiger partial charge in [0.2, 0.25) is 0 Å². The van der Waals surface area contributed by atoms with E-state index < -0.39 is 0 Å². The van der Waals surface area contributed by atoms with Gasteiger partial charge in [-0.3, -0.25) is 0 Å². The molecule has 2 rings (SSSR count). The Labute approximate surface area is 105 Å². The van der Waals surface area contributed by atoms with Gasteiger partial charge in [-0.2, -0.15) is 0 Å². The van der Waals surface area contributed by atoms with Gasteiger partial charge >= 0.3 is 0 Å². The summed E-state index contributed by atoms with van der Waals surface area (Å²) in [5, 5.41) is 3.56. The third-order valence-electron chi connectivity index (χ3n) is 2.36. The molecule has 0 fully saturated rings. The molecule has 0 aliphatic heterocycles. The Morgan fingerprint density at radius 2 is 2.28 bits per heavy atom. The van der Waals surface area contributed by atoms with Crippen molar-refractivity contribution in [2.75, 3.05) is 0 Å². The van der Waals surface area contributed by atoms with E-state index in [0.29, 0.717) is 17.9 Å². The number of ether oxygens (including phenoxy) is 1. The quantitative estimate of drug-likeness (QED) is 0.884. The smallest absolute Gasteiger partial charge is 0.174 e. The second kappa shape index (κ2) is 5.64. The third kappa shape index (κ3) is 3.56. The first-order chi connectivity index (χ1) is 8.63. The van der Waals surface area contributed by atoms with Crippen LogP contribution in [0.15, 0.2) is 35.0 Å². The molecule has 0 amide bonds. The van der Waals surface area contributed by atoms with Crippen molar-refractivity contribution in [2.24, 2.45) is 5.73 Å². The first-order valence-corrected chi connectivity index (χ1v) is 5.71. The van der Waals surface area contributed by atoms with Gasteiger partial charge in [-0.25, -0.2) is 4.39 Å². The van der Waals surface area contributed by atoms with Crippen molar-refractivity contribution < 1.29 is 13.7 Å². The molecule has 1 aromatic heterocycles. The van der Waals surface area contributed by atoms with Crippen molar-refractivity contribution in [3.63, 3.8) is 0 Å². The predicted molar refractivity (Wildman–Crippen MR) is 64.6 cm³/mol. The number of benzene rings is 1. The highest BCUT2D eigenvalue weighted by Gasteiger charge is 2.05. The van der Waals surface area contributed by atoms with E-state index in [1.54, 1.807) is 12.1 Å². The molecule has 96 valence electrons. The van der Waals surface area contributed by atoms with Gasteiger partial charge in [0.25, 0.3) is 0 Å². The van der Waals surface area contributed by atoms with Gasteiger partial charge in [0, 0.05) is 18.2 Å². The summed E-state index contributed by atoms with van der Waals surface area (Å²) >= 11 is 0. The molecule has 4 nitrogen and oxygen atoms in total. The summed E-state index contributed by atoms with van der Waals surface area (Å²) in [5.74, 6) is 0.718. The van der Waals surface area contributed by atoms with Gasteiger partial charge in [-0.05, 0) is 31.0 Å². The number of hydrogen-bond donors (Lipinski definition) is 1. The average Bonchev–Trinajstić information content (AvgIpc) is 2.77. The van der Waals surface area contributed by atoms with Crippen molar-refractivity contribution >= 4 is 0 Å². The Hall–Kier alpha value is -1.88. The highest BCUT2D eigenvalue weighted by molar-refractivity contribution is 5.30. The highest BCUT2D eigenvalue weighted by atomic mass is 19.1. The molecular formula is C13H15FN2O2. The van der Waals surface area contributed by atoms with E-state index >= 15 is 0 Å². The van der Waals surface area contributed by atoms with E-state index in [1.165, 1.54) is 18.3 Å². The molecule has 0 spiro atoms. The number of rotatable bonds is 5. The topological polar surface area (TPSA) is 61.3 Å². The molecule has 0 radical (unpaired) electrons. The minimum Gasteiger partial charge on any atom is -0.485 e. The van der Waals surface area contributed by atoms with Crippen LogP contribution in [0.5, 0.6) is 5.75 Å².